The smallest absolute Gasteiger partial charge is 0.294 e. The zero-order valence-electron chi connectivity index (χ0n) is 12.4. The molecule has 0 radical (unpaired) electrons. The predicted octanol–water partition coefficient (Wildman–Crippen LogP) is 3.72. The molecule has 0 aromatic heterocycles. The van der Waals surface area contributed by atoms with Crippen molar-refractivity contribution in [2.75, 3.05) is 5.32 Å². The fraction of sp³-hybridized carbons (Fsp3) is 0.188. The Bertz CT molecular complexity index is 803. The fourth-order valence-corrected chi connectivity index (χ4v) is 2.86. The van der Waals surface area contributed by atoms with Gasteiger partial charge in [0.15, 0.2) is 5.78 Å². The predicted molar refractivity (Wildman–Crippen MR) is 89.4 cm³/mol. The second-order valence-corrected chi connectivity index (χ2v) is 6.75. The highest BCUT2D eigenvalue weighted by Gasteiger charge is 2.21. The zero-order chi connectivity index (χ0) is 17.0. The van der Waals surface area contributed by atoms with Gasteiger partial charge in [0.25, 0.3) is 10.1 Å². The lowest BCUT2D eigenvalue weighted by Crippen LogP contribution is -2.20. The first kappa shape index (κ1) is 17.5. The molecule has 0 aliphatic carbocycles. The largest absolute Gasteiger partial charge is 0.372 e. The number of Topliss-reactive ketones (excluding diaryl/α,β-unsaturated/α-hetero) is 1. The highest BCUT2D eigenvalue weighted by atomic mass is 35.5. The van der Waals surface area contributed by atoms with Crippen molar-refractivity contribution in [3.05, 3.63) is 59.1 Å². The Morgan fingerprint density at radius 2 is 1.78 bits per heavy atom. The molecule has 0 aliphatic heterocycles. The van der Waals surface area contributed by atoms with E-state index >= 15 is 0 Å². The number of rotatable bonds is 6. The van der Waals surface area contributed by atoms with Crippen LogP contribution < -0.4 is 5.32 Å². The lowest BCUT2D eigenvalue weighted by atomic mass is 10.0. The lowest BCUT2D eigenvalue weighted by molar-refractivity contribution is -0.119. The SMILES string of the molecule is CCC(=O)C(Nc1ccc(S(=O)(=O)O)cc1)c1ccccc1Cl. The van der Waals surface area contributed by atoms with Crippen LogP contribution in [0.2, 0.25) is 5.02 Å². The van der Waals surface area contributed by atoms with Crippen molar-refractivity contribution in [3.63, 3.8) is 0 Å². The normalized spacial score (nSPS) is 12.7. The van der Waals surface area contributed by atoms with Crippen LogP contribution in [0.15, 0.2) is 53.4 Å². The number of hydrogen-bond acceptors (Lipinski definition) is 4. The topological polar surface area (TPSA) is 83.5 Å². The van der Waals surface area contributed by atoms with E-state index in [4.69, 9.17) is 16.2 Å². The summed E-state index contributed by atoms with van der Waals surface area (Å²) >= 11 is 6.17. The molecule has 2 rings (SSSR count). The molecule has 1 unspecified atom stereocenters. The van der Waals surface area contributed by atoms with Crippen LogP contribution >= 0.6 is 11.6 Å². The molecule has 2 N–H and O–H groups in total. The molecule has 0 saturated carbocycles. The molecule has 0 amide bonds. The molecule has 5 nitrogen and oxygen atoms in total. The van der Waals surface area contributed by atoms with E-state index in [1.165, 1.54) is 24.3 Å². The van der Waals surface area contributed by atoms with Gasteiger partial charge in [-0.2, -0.15) is 8.42 Å². The van der Waals surface area contributed by atoms with Crippen LogP contribution in [0.3, 0.4) is 0 Å². The van der Waals surface area contributed by atoms with Crippen LogP contribution in [0, 0.1) is 0 Å². The summed E-state index contributed by atoms with van der Waals surface area (Å²) in [6, 6.07) is 11.9. The molecule has 122 valence electrons. The maximum atomic E-state index is 12.2. The number of carbonyl (C=O) groups is 1. The molecule has 23 heavy (non-hydrogen) atoms. The monoisotopic (exact) mass is 353 g/mol. The van der Waals surface area contributed by atoms with E-state index < -0.39 is 16.2 Å². The minimum Gasteiger partial charge on any atom is -0.372 e. The maximum Gasteiger partial charge on any atom is 0.294 e. The average molecular weight is 354 g/mol. The quantitative estimate of drug-likeness (QED) is 0.773. The average Bonchev–Trinajstić information content (AvgIpc) is 2.52. The summed E-state index contributed by atoms with van der Waals surface area (Å²) in [4.78, 5) is 12.0. The standard InChI is InChI=1S/C16H16ClNO4S/c1-2-15(19)16(13-5-3-4-6-14(13)17)18-11-7-9-12(10-8-11)23(20,21)22/h3-10,16,18H,2H2,1H3,(H,20,21,22). The van der Waals surface area contributed by atoms with Crippen molar-refractivity contribution in [1.82, 2.24) is 0 Å². The molecule has 0 spiro atoms. The zero-order valence-corrected chi connectivity index (χ0v) is 13.9. The van der Waals surface area contributed by atoms with E-state index in [2.05, 4.69) is 5.32 Å². The number of ketones is 1. The molecule has 0 bridgehead atoms. The minimum atomic E-state index is -4.24. The van der Waals surface area contributed by atoms with Gasteiger partial charge in [0.1, 0.15) is 6.04 Å². The van der Waals surface area contributed by atoms with Gasteiger partial charge in [-0.25, -0.2) is 0 Å². The molecule has 0 heterocycles. The second kappa shape index (κ2) is 7.12. The second-order valence-electron chi connectivity index (χ2n) is 4.92. The van der Waals surface area contributed by atoms with Gasteiger partial charge in [0, 0.05) is 22.7 Å². The van der Waals surface area contributed by atoms with Crippen molar-refractivity contribution in [3.8, 4) is 0 Å². The number of carbonyl (C=O) groups excluding carboxylic acids is 1. The molecule has 2 aromatic carbocycles. The van der Waals surface area contributed by atoms with Gasteiger partial charge in [-0.15, -0.1) is 0 Å². The third-order valence-electron chi connectivity index (χ3n) is 3.35. The Kier molecular flexibility index (Phi) is 5.41. The first-order valence-electron chi connectivity index (χ1n) is 6.94. The van der Waals surface area contributed by atoms with E-state index in [0.717, 1.165) is 0 Å². The Morgan fingerprint density at radius 1 is 1.17 bits per heavy atom. The van der Waals surface area contributed by atoms with Crippen molar-refractivity contribution in [2.45, 2.75) is 24.3 Å². The molecular weight excluding hydrogens is 338 g/mol. The van der Waals surface area contributed by atoms with Crippen molar-refractivity contribution in [2.24, 2.45) is 0 Å². The lowest BCUT2D eigenvalue weighted by Gasteiger charge is -2.20. The van der Waals surface area contributed by atoms with Crippen LogP contribution in [0.25, 0.3) is 0 Å². The van der Waals surface area contributed by atoms with Crippen molar-refractivity contribution < 1.29 is 17.8 Å². The first-order chi connectivity index (χ1) is 10.8. The van der Waals surface area contributed by atoms with Gasteiger partial charge in [0.05, 0.1) is 4.90 Å². The van der Waals surface area contributed by atoms with Gasteiger partial charge in [-0.05, 0) is 30.3 Å². The minimum absolute atomic E-state index is 0.0445. The molecule has 0 saturated heterocycles. The Morgan fingerprint density at radius 3 is 2.30 bits per heavy atom. The number of hydrogen-bond donors (Lipinski definition) is 2. The molecule has 2 aromatic rings. The van der Waals surface area contributed by atoms with Crippen LogP contribution in [0.4, 0.5) is 5.69 Å². The number of halogens is 1. The maximum absolute atomic E-state index is 12.2. The van der Waals surface area contributed by atoms with Crippen LogP contribution in [-0.2, 0) is 14.9 Å². The summed E-state index contributed by atoms with van der Waals surface area (Å²) in [7, 11) is -4.24. The van der Waals surface area contributed by atoms with Crippen LogP contribution in [0.1, 0.15) is 24.9 Å². The highest BCUT2D eigenvalue weighted by molar-refractivity contribution is 7.85. The van der Waals surface area contributed by atoms with E-state index in [1.807, 2.05) is 0 Å². The van der Waals surface area contributed by atoms with E-state index in [9.17, 15) is 13.2 Å². The van der Waals surface area contributed by atoms with E-state index in [1.54, 1.807) is 31.2 Å². The summed E-state index contributed by atoms with van der Waals surface area (Å²) in [5, 5.41) is 3.53. The molecule has 1 atom stereocenters. The summed E-state index contributed by atoms with van der Waals surface area (Å²) in [5.74, 6) is -0.0445. The van der Waals surface area contributed by atoms with E-state index in [-0.39, 0.29) is 10.7 Å². The van der Waals surface area contributed by atoms with Gasteiger partial charge < -0.3 is 5.32 Å². The molecule has 0 aliphatic rings. The Labute approximate surface area is 140 Å². The third kappa shape index (κ3) is 4.31. The van der Waals surface area contributed by atoms with Gasteiger partial charge in [-0.3, -0.25) is 9.35 Å². The summed E-state index contributed by atoms with van der Waals surface area (Å²) in [6.45, 7) is 1.76. The van der Waals surface area contributed by atoms with Gasteiger partial charge >= 0.3 is 0 Å². The molecule has 0 fully saturated rings. The van der Waals surface area contributed by atoms with Crippen molar-refractivity contribution in [1.29, 1.82) is 0 Å². The fourth-order valence-electron chi connectivity index (χ4n) is 2.13. The van der Waals surface area contributed by atoms with Crippen LogP contribution in [0.5, 0.6) is 0 Å². The van der Waals surface area contributed by atoms with Gasteiger partial charge in [0.2, 0.25) is 0 Å². The van der Waals surface area contributed by atoms with Crippen LogP contribution in [-0.4, -0.2) is 18.8 Å². The first-order valence-corrected chi connectivity index (χ1v) is 8.76. The van der Waals surface area contributed by atoms with Gasteiger partial charge in [-0.1, -0.05) is 36.7 Å². The van der Waals surface area contributed by atoms with Crippen molar-refractivity contribution >= 4 is 33.2 Å². The number of benzene rings is 2. The Balaban J connectivity index is 2.32. The molecular formula is C16H16ClNO4S. The third-order valence-corrected chi connectivity index (χ3v) is 4.56. The molecule has 7 heteroatoms. The highest BCUT2D eigenvalue weighted by Crippen LogP contribution is 2.28. The Hall–Kier alpha value is -1.89. The number of nitrogens with one attached hydrogen (secondary N) is 1. The summed E-state index contributed by atoms with van der Waals surface area (Å²) in [5.41, 5.74) is 1.20. The summed E-state index contributed by atoms with van der Waals surface area (Å²) < 4.78 is 31.1. The summed E-state index contributed by atoms with van der Waals surface area (Å²) in [6.07, 6.45) is 0.325. The van der Waals surface area contributed by atoms with E-state index in [0.29, 0.717) is 22.7 Å². The number of anilines is 1.